The number of rotatable bonds is 5. The monoisotopic (exact) mass is 457 g/mol. The van der Waals surface area contributed by atoms with E-state index in [9.17, 15) is 19.2 Å². The van der Waals surface area contributed by atoms with Crippen LogP contribution in [0.4, 0.5) is 5.69 Å². The van der Waals surface area contributed by atoms with Crippen LogP contribution >= 0.6 is 11.8 Å². The van der Waals surface area contributed by atoms with Crippen molar-refractivity contribution in [3.05, 3.63) is 29.8 Å². The van der Waals surface area contributed by atoms with Crippen molar-refractivity contribution in [2.45, 2.75) is 49.8 Å². The predicted octanol–water partition coefficient (Wildman–Crippen LogP) is 1.51. The van der Waals surface area contributed by atoms with Gasteiger partial charge >= 0.3 is 0 Å². The molecule has 3 aliphatic heterocycles. The van der Waals surface area contributed by atoms with Gasteiger partial charge in [-0.2, -0.15) is 4.99 Å². The molecule has 2 unspecified atom stereocenters. The smallest absolute Gasteiger partial charge is 0.262 e. The minimum Gasteiger partial charge on any atom is -0.354 e. The van der Waals surface area contributed by atoms with Crippen molar-refractivity contribution in [1.82, 2.24) is 15.5 Å². The summed E-state index contributed by atoms with van der Waals surface area (Å²) >= 11 is 1.36. The lowest BCUT2D eigenvalue weighted by Gasteiger charge is -2.16. The molecule has 1 aromatic rings. The maximum atomic E-state index is 12.5. The molecule has 2 fully saturated rings. The first-order valence-corrected chi connectivity index (χ1v) is 11.9. The van der Waals surface area contributed by atoms with Crippen LogP contribution in [0.15, 0.2) is 29.3 Å². The van der Waals surface area contributed by atoms with E-state index in [1.807, 2.05) is 0 Å². The van der Waals surface area contributed by atoms with Crippen molar-refractivity contribution in [3.63, 3.8) is 0 Å². The Kier molecular flexibility index (Phi) is 7.09. The third-order valence-corrected chi connectivity index (χ3v) is 6.96. The first-order chi connectivity index (χ1) is 15.5. The molecule has 0 aromatic heterocycles. The van der Waals surface area contributed by atoms with Gasteiger partial charge in [0, 0.05) is 37.3 Å². The first kappa shape index (κ1) is 22.3. The predicted molar refractivity (Wildman–Crippen MR) is 122 cm³/mol. The molecule has 3 N–H and O–H groups in total. The summed E-state index contributed by atoms with van der Waals surface area (Å²) < 4.78 is 0. The summed E-state index contributed by atoms with van der Waals surface area (Å²) in [5.41, 5.74) is 0.945. The van der Waals surface area contributed by atoms with Crippen LogP contribution in [0.25, 0.3) is 0 Å². The number of benzene rings is 1. The average Bonchev–Trinajstić information content (AvgIpc) is 3.38. The molecule has 4 rings (SSSR count). The number of hydrogen-bond acceptors (Lipinski definition) is 6. The second kappa shape index (κ2) is 10.2. The highest BCUT2D eigenvalue weighted by molar-refractivity contribution is 8.15. The maximum Gasteiger partial charge on any atom is 0.262 e. The molecule has 4 amide bonds. The van der Waals surface area contributed by atoms with Crippen molar-refractivity contribution in [1.29, 1.82) is 0 Å². The number of aliphatic imine (C=N–C) groups is 1. The van der Waals surface area contributed by atoms with E-state index >= 15 is 0 Å². The van der Waals surface area contributed by atoms with Crippen LogP contribution < -0.4 is 16.0 Å². The normalized spacial score (nSPS) is 23.4. The van der Waals surface area contributed by atoms with E-state index in [0.29, 0.717) is 24.2 Å². The number of carbonyl (C=O) groups excluding carboxylic acids is 4. The molecule has 3 heterocycles. The quantitative estimate of drug-likeness (QED) is 0.617. The number of amidine groups is 1. The third-order valence-electron chi connectivity index (χ3n) is 5.75. The second-order valence-corrected chi connectivity index (χ2v) is 9.35. The van der Waals surface area contributed by atoms with Crippen molar-refractivity contribution < 1.29 is 19.2 Å². The molecule has 1 aromatic carbocycles. The summed E-state index contributed by atoms with van der Waals surface area (Å²) in [6, 6.07) is 5.94. The zero-order valence-corrected chi connectivity index (χ0v) is 18.6. The van der Waals surface area contributed by atoms with Gasteiger partial charge in [0.1, 0.15) is 11.3 Å². The van der Waals surface area contributed by atoms with Gasteiger partial charge in [-0.15, -0.1) is 0 Å². The molecule has 0 spiro atoms. The Labute approximate surface area is 190 Å². The Morgan fingerprint density at radius 2 is 1.84 bits per heavy atom. The highest BCUT2D eigenvalue weighted by Crippen LogP contribution is 2.29. The fourth-order valence-electron chi connectivity index (χ4n) is 3.96. The average molecular weight is 458 g/mol. The summed E-state index contributed by atoms with van der Waals surface area (Å²) in [6.45, 7) is 2.45. The molecule has 2 saturated heterocycles. The number of thioether (sulfide) groups is 1. The Bertz CT molecular complexity index is 927. The third kappa shape index (κ3) is 5.48. The van der Waals surface area contributed by atoms with E-state index in [1.165, 1.54) is 11.8 Å². The molecular formula is C22H27N5O4S. The lowest BCUT2D eigenvalue weighted by atomic mass is 10.1. The number of hydrogen-bond donors (Lipinski definition) is 3. The summed E-state index contributed by atoms with van der Waals surface area (Å²) in [6.07, 6.45) is 4.64. The highest BCUT2D eigenvalue weighted by atomic mass is 32.2. The number of anilines is 1. The van der Waals surface area contributed by atoms with Crippen LogP contribution in [0.3, 0.4) is 0 Å². The Morgan fingerprint density at radius 3 is 2.59 bits per heavy atom. The Hall–Kier alpha value is -2.88. The van der Waals surface area contributed by atoms with Gasteiger partial charge in [-0.25, -0.2) is 0 Å². The standard InChI is InChI=1S/C22H27N5O4S/c28-18(13-17-21(31)26-22(32-17)27-11-3-4-12-27)24-15-8-6-14(7-9-15)19(29)25-16-5-1-2-10-23-20(16)30/h6-9,16-17H,1-5,10-13H2,(H,23,30)(H,24,28)(H,25,29). The van der Waals surface area contributed by atoms with Gasteiger partial charge in [-0.1, -0.05) is 11.8 Å². The molecule has 0 bridgehead atoms. The Morgan fingerprint density at radius 1 is 1.09 bits per heavy atom. The van der Waals surface area contributed by atoms with Crippen molar-refractivity contribution in [2.24, 2.45) is 4.99 Å². The van der Waals surface area contributed by atoms with Gasteiger partial charge in [0.25, 0.3) is 11.8 Å². The topological polar surface area (TPSA) is 120 Å². The van der Waals surface area contributed by atoms with E-state index in [1.54, 1.807) is 24.3 Å². The summed E-state index contributed by atoms with van der Waals surface area (Å²) in [7, 11) is 0. The van der Waals surface area contributed by atoms with Crippen LogP contribution in [-0.2, 0) is 14.4 Å². The molecule has 0 aliphatic carbocycles. The highest BCUT2D eigenvalue weighted by Gasteiger charge is 2.33. The van der Waals surface area contributed by atoms with Gasteiger partial charge in [-0.3, -0.25) is 19.2 Å². The number of amides is 4. The van der Waals surface area contributed by atoms with Gasteiger partial charge in [0.2, 0.25) is 11.8 Å². The van der Waals surface area contributed by atoms with E-state index in [2.05, 4.69) is 25.8 Å². The maximum absolute atomic E-state index is 12.5. The Balaban J connectivity index is 1.27. The molecule has 170 valence electrons. The van der Waals surface area contributed by atoms with Crippen LogP contribution in [0.1, 0.15) is 48.9 Å². The minimum atomic E-state index is -0.529. The van der Waals surface area contributed by atoms with Gasteiger partial charge in [-0.05, 0) is 56.4 Å². The summed E-state index contributed by atoms with van der Waals surface area (Å²) in [5, 5.41) is 8.56. The van der Waals surface area contributed by atoms with Crippen LogP contribution in [0.5, 0.6) is 0 Å². The molecule has 32 heavy (non-hydrogen) atoms. The lowest BCUT2D eigenvalue weighted by molar-refractivity contribution is -0.122. The summed E-state index contributed by atoms with van der Waals surface area (Å²) in [4.78, 5) is 55.3. The number of likely N-dealkylation sites (tertiary alicyclic amines) is 1. The molecule has 2 atom stereocenters. The summed E-state index contributed by atoms with van der Waals surface area (Å²) in [5.74, 6) is -1.02. The van der Waals surface area contributed by atoms with Gasteiger partial charge in [0.05, 0.1) is 0 Å². The number of nitrogens with one attached hydrogen (secondary N) is 3. The SMILES string of the molecule is O=C(CC1SC(N2CCCC2)=NC1=O)Nc1ccc(C(=O)NC2CCCCNC2=O)cc1. The zero-order valence-electron chi connectivity index (χ0n) is 17.8. The second-order valence-electron chi connectivity index (χ2n) is 8.18. The number of carbonyl (C=O) groups is 4. The fourth-order valence-corrected chi connectivity index (χ4v) is 5.07. The molecule has 10 heteroatoms. The van der Waals surface area contributed by atoms with Gasteiger partial charge < -0.3 is 20.9 Å². The van der Waals surface area contributed by atoms with E-state index in [-0.39, 0.29) is 30.0 Å². The van der Waals surface area contributed by atoms with Crippen molar-refractivity contribution >= 4 is 46.2 Å². The molecule has 9 nitrogen and oxygen atoms in total. The van der Waals surface area contributed by atoms with Gasteiger partial charge in [0.15, 0.2) is 5.17 Å². The first-order valence-electron chi connectivity index (χ1n) is 11.0. The molecular weight excluding hydrogens is 430 g/mol. The van der Waals surface area contributed by atoms with Crippen LogP contribution in [0, 0.1) is 0 Å². The van der Waals surface area contributed by atoms with E-state index in [4.69, 9.17) is 0 Å². The molecule has 3 aliphatic rings. The largest absolute Gasteiger partial charge is 0.354 e. The minimum absolute atomic E-state index is 0.0450. The van der Waals surface area contributed by atoms with E-state index in [0.717, 1.165) is 43.9 Å². The van der Waals surface area contributed by atoms with Crippen LogP contribution in [-0.4, -0.2) is 64.6 Å². The molecule has 0 saturated carbocycles. The number of nitrogens with zero attached hydrogens (tertiary/aromatic N) is 2. The lowest BCUT2D eigenvalue weighted by Crippen LogP contribution is -2.45. The van der Waals surface area contributed by atoms with Crippen molar-refractivity contribution in [2.75, 3.05) is 25.0 Å². The zero-order chi connectivity index (χ0) is 22.5. The van der Waals surface area contributed by atoms with Crippen LogP contribution in [0.2, 0.25) is 0 Å². The molecule has 0 radical (unpaired) electrons. The fraction of sp³-hybridized carbons (Fsp3) is 0.500. The van der Waals surface area contributed by atoms with Crippen molar-refractivity contribution in [3.8, 4) is 0 Å². The van der Waals surface area contributed by atoms with E-state index < -0.39 is 11.3 Å².